The van der Waals surface area contributed by atoms with Gasteiger partial charge in [0.15, 0.2) is 0 Å². The zero-order chi connectivity index (χ0) is 40.9. The molecule has 0 bridgehead atoms. The number of terminal acetylenes is 1. The zero-order valence-corrected chi connectivity index (χ0v) is 35.1. The Labute approximate surface area is 346 Å². The summed E-state index contributed by atoms with van der Waals surface area (Å²) in [6.07, 6.45) is 18.9. The number of rotatable bonds is 17. The van der Waals surface area contributed by atoms with E-state index in [1.807, 2.05) is 11.9 Å². The first-order valence-corrected chi connectivity index (χ1v) is 21.4. The third-order valence-corrected chi connectivity index (χ3v) is 13.7. The Morgan fingerprint density at radius 3 is 1.88 bits per heavy atom. The molecule has 0 unspecified atom stereocenters. The highest BCUT2D eigenvalue weighted by Crippen LogP contribution is 2.69. The molecular formula is C50H66N4O3. The van der Waals surface area contributed by atoms with E-state index in [0.29, 0.717) is 61.2 Å². The van der Waals surface area contributed by atoms with E-state index >= 15 is 0 Å². The van der Waals surface area contributed by atoms with Gasteiger partial charge in [-0.1, -0.05) is 20.8 Å². The predicted octanol–water partition coefficient (Wildman–Crippen LogP) is 5.03. The Balaban J connectivity index is 1.42. The van der Waals surface area contributed by atoms with Crippen molar-refractivity contribution in [2.24, 2.45) is 63.5 Å². The van der Waals surface area contributed by atoms with Gasteiger partial charge in [-0.15, -0.1) is 6.42 Å². The Hall–Kier alpha value is -3.96. The van der Waals surface area contributed by atoms with Gasteiger partial charge in [0.2, 0.25) is 0 Å². The number of nitrogens with two attached hydrogens (primary N) is 3. The number of hydrogen-bond acceptors (Lipinski definition) is 7. The summed E-state index contributed by atoms with van der Waals surface area (Å²) in [6, 6.07) is 3.13. The maximum absolute atomic E-state index is 7.02. The van der Waals surface area contributed by atoms with Crippen molar-refractivity contribution in [3.8, 4) is 95.4 Å². The highest BCUT2D eigenvalue weighted by molar-refractivity contribution is 5.45. The predicted molar refractivity (Wildman–Crippen MR) is 231 cm³/mol. The van der Waals surface area contributed by atoms with Crippen LogP contribution in [-0.2, 0) is 14.2 Å². The molecule has 4 fully saturated rings. The Morgan fingerprint density at radius 2 is 1.26 bits per heavy atom. The van der Waals surface area contributed by atoms with E-state index in [4.69, 9.17) is 37.8 Å². The summed E-state index contributed by atoms with van der Waals surface area (Å²) in [5.74, 6) is 39.6. The second-order valence-electron chi connectivity index (χ2n) is 16.9. The number of fused-ring (bicyclic) bond motifs is 5. The summed E-state index contributed by atoms with van der Waals surface area (Å²) >= 11 is 0. The highest BCUT2D eigenvalue weighted by Gasteiger charge is 2.66. The zero-order valence-electron chi connectivity index (χ0n) is 35.1. The van der Waals surface area contributed by atoms with E-state index in [2.05, 4.69) is 110 Å². The second-order valence-corrected chi connectivity index (χ2v) is 16.9. The van der Waals surface area contributed by atoms with Crippen LogP contribution in [0.2, 0.25) is 0 Å². The smallest absolute Gasteiger partial charge is 0.0637 e. The Morgan fingerprint density at radius 1 is 0.684 bits per heavy atom. The molecule has 0 aromatic rings. The fourth-order valence-electron chi connectivity index (χ4n) is 11.0. The van der Waals surface area contributed by atoms with Gasteiger partial charge in [0.25, 0.3) is 0 Å². The van der Waals surface area contributed by atoms with Crippen LogP contribution in [0.15, 0.2) is 0 Å². The third kappa shape index (κ3) is 12.5. The van der Waals surface area contributed by atoms with Gasteiger partial charge in [-0.25, -0.2) is 0 Å². The van der Waals surface area contributed by atoms with Crippen molar-refractivity contribution >= 4 is 0 Å². The summed E-state index contributed by atoms with van der Waals surface area (Å²) in [5.41, 5.74) is 18.1. The van der Waals surface area contributed by atoms with Crippen molar-refractivity contribution in [3.05, 3.63) is 0 Å². The summed E-state index contributed by atoms with van der Waals surface area (Å²) in [6.45, 7) is 12.8. The van der Waals surface area contributed by atoms with Crippen LogP contribution < -0.4 is 17.2 Å². The number of nitrogens with zero attached hydrogens (tertiary/aromatic N) is 1. The lowest BCUT2D eigenvalue weighted by molar-refractivity contribution is -0.227. The third-order valence-electron chi connectivity index (χ3n) is 13.7. The summed E-state index contributed by atoms with van der Waals surface area (Å²) in [5, 5.41) is 0. The Kier molecular flexibility index (Phi) is 19.3. The molecular weight excluding hydrogens is 705 g/mol. The van der Waals surface area contributed by atoms with Gasteiger partial charge < -0.3 is 36.3 Å². The molecule has 7 heteroatoms. The maximum atomic E-state index is 7.02. The van der Waals surface area contributed by atoms with Gasteiger partial charge in [0.05, 0.1) is 18.3 Å². The molecule has 0 saturated heterocycles. The first-order chi connectivity index (χ1) is 27.7. The molecule has 4 aliphatic rings. The average molecular weight is 771 g/mol. The molecule has 4 aliphatic carbocycles. The summed E-state index contributed by atoms with van der Waals surface area (Å²) in [7, 11) is 2.02. The topological polar surface area (TPSA) is 109 Å². The largest absolute Gasteiger partial charge is 0.378 e. The van der Waals surface area contributed by atoms with Gasteiger partial charge in [-0.05, 0) is 179 Å². The lowest BCUT2D eigenvalue weighted by Crippen LogP contribution is -2.63. The molecule has 0 aromatic heterocycles. The molecule has 4 rings (SSSR count). The van der Waals surface area contributed by atoms with Crippen LogP contribution >= 0.6 is 0 Å². The molecule has 0 heterocycles. The fraction of sp³-hybridized carbons (Fsp3) is 0.680. The quantitative estimate of drug-likeness (QED) is 0.108. The minimum absolute atomic E-state index is 0.0846. The molecule has 0 amide bonds. The average Bonchev–Trinajstić information content (AvgIpc) is 3.56. The van der Waals surface area contributed by atoms with Crippen LogP contribution in [0.25, 0.3) is 0 Å². The molecule has 0 aliphatic heterocycles. The van der Waals surface area contributed by atoms with Gasteiger partial charge >= 0.3 is 0 Å². The van der Waals surface area contributed by atoms with E-state index in [9.17, 15) is 0 Å². The van der Waals surface area contributed by atoms with Crippen molar-refractivity contribution < 1.29 is 14.2 Å². The molecule has 0 aromatic carbocycles. The van der Waals surface area contributed by atoms with Crippen molar-refractivity contribution in [1.29, 1.82) is 0 Å². The van der Waals surface area contributed by atoms with E-state index in [1.165, 1.54) is 19.3 Å². The van der Waals surface area contributed by atoms with Crippen LogP contribution in [-0.4, -0.2) is 76.3 Å². The lowest BCUT2D eigenvalue weighted by Gasteiger charge is -2.65. The fourth-order valence-corrected chi connectivity index (χ4v) is 11.0. The second kappa shape index (κ2) is 24.1. The summed E-state index contributed by atoms with van der Waals surface area (Å²) in [4.78, 5) is 2.03. The van der Waals surface area contributed by atoms with Crippen molar-refractivity contribution in [3.63, 3.8) is 0 Å². The van der Waals surface area contributed by atoms with Gasteiger partial charge in [-0.2, -0.15) is 0 Å². The van der Waals surface area contributed by atoms with Gasteiger partial charge in [-0.3, -0.25) is 0 Å². The minimum Gasteiger partial charge on any atom is -0.378 e. The molecule has 0 spiro atoms. The van der Waals surface area contributed by atoms with Crippen molar-refractivity contribution in [2.45, 2.75) is 116 Å². The molecule has 304 valence electrons. The molecule has 7 nitrogen and oxygen atoms in total. The number of hydrogen-bond donors (Lipinski definition) is 3. The van der Waals surface area contributed by atoms with E-state index in [0.717, 1.165) is 84.2 Å². The SMILES string of the molecule is C#CC#CC#CC#CC#CC#CC#CC#CN(C)CCC[C@@H](C)[C@H]1CC[C@H]2[C@@H]3[C@H](OCCCN)C[C@@H]4C[C@H](OCCCN)CC[C@]4(C)[C@H]3C[C@H](OCCCN)[C@]12C. The highest BCUT2D eigenvalue weighted by atomic mass is 16.5. The van der Waals surface area contributed by atoms with Gasteiger partial charge in [0, 0.05) is 86.3 Å². The lowest BCUT2D eigenvalue weighted by atomic mass is 9.43. The summed E-state index contributed by atoms with van der Waals surface area (Å²) < 4.78 is 20.4. The van der Waals surface area contributed by atoms with E-state index in [1.54, 1.807) is 0 Å². The Bertz CT molecular complexity index is 1800. The first-order valence-electron chi connectivity index (χ1n) is 21.4. The van der Waals surface area contributed by atoms with Crippen molar-refractivity contribution in [1.82, 2.24) is 4.90 Å². The molecule has 11 atom stereocenters. The monoisotopic (exact) mass is 771 g/mol. The molecule has 57 heavy (non-hydrogen) atoms. The van der Waals surface area contributed by atoms with Crippen LogP contribution in [0.1, 0.15) is 97.8 Å². The van der Waals surface area contributed by atoms with E-state index < -0.39 is 0 Å². The molecule has 0 radical (unpaired) electrons. The standard InChI is InChI=1S/C50H66N4O3/c1-6-7-8-9-10-11-12-13-14-15-16-17-18-19-32-54(5)33-20-24-40(2)43-25-26-44-48-45(39-47(50(43,44)4)57-36-23-31-53)49(3)28-27-42(55-34-21-29-51)37-41(49)38-46(48)56-35-22-30-52/h1,40-48H,20-31,33-39,51-53H2,2-5H3/t40-,41+,42-,43-,44+,45+,46-,47+,48+,49+,50-/m1/s1. The minimum atomic E-state index is 0.0846. The normalized spacial score (nSPS) is 30.7. The van der Waals surface area contributed by atoms with E-state index in [-0.39, 0.29) is 23.0 Å². The maximum Gasteiger partial charge on any atom is 0.0637 e. The number of ether oxygens (including phenoxy) is 3. The van der Waals surface area contributed by atoms with Crippen LogP contribution in [0.4, 0.5) is 0 Å². The van der Waals surface area contributed by atoms with Gasteiger partial charge in [0.1, 0.15) is 0 Å². The van der Waals surface area contributed by atoms with Crippen molar-refractivity contribution in [2.75, 3.05) is 53.0 Å². The molecule has 4 saturated carbocycles. The molecule has 6 N–H and O–H groups in total. The van der Waals surface area contributed by atoms with Crippen LogP contribution in [0.3, 0.4) is 0 Å². The first kappa shape index (κ1) is 45.7. The van der Waals surface area contributed by atoms with Crippen LogP contribution in [0, 0.1) is 142 Å². The van der Waals surface area contributed by atoms with Crippen LogP contribution in [0.5, 0.6) is 0 Å².